The number of carbonyl (C=O) groups is 8. The van der Waals surface area contributed by atoms with Crippen LogP contribution in [-0.4, -0.2) is 162 Å². The Labute approximate surface area is 449 Å². The third-order valence-electron chi connectivity index (χ3n) is 14.3. The molecule has 6 rings (SSSR count). The van der Waals surface area contributed by atoms with E-state index in [-0.39, 0.29) is 41.9 Å². The van der Waals surface area contributed by atoms with Crippen LogP contribution >= 0.6 is 0 Å². The van der Waals surface area contributed by atoms with Crippen molar-refractivity contribution in [2.75, 3.05) is 26.1 Å². The topological polar surface area (TPSA) is 368 Å². The highest BCUT2D eigenvalue weighted by Gasteiger charge is 2.78. The molecule has 1 heterocycles. The van der Waals surface area contributed by atoms with Crippen molar-refractivity contribution in [1.82, 2.24) is 5.32 Å². The van der Waals surface area contributed by atoms with E-state index in [0.29, 0.717) is 6.26 Å². The molecule has 12 atom stereocenters. The number of alkyl carbamates (subject to hydrolysis) is 1. The number of fused-ring (bicyclic) bond motifs is 5. The molecule has 1 aliphatic heterocycles. The number of ether oxygens (including phenoxy) is 8. The quantitative estimate of drug-likeness (QED) is 0.0724. The molecule has 1 amide bonds. The number of quaternary nitrogens is 1. The van der Waals surface area contributed by atoms with Gasteiger partial charge in [0.25, 0.3) is 0 Å². The standard InChI is InChI=1S/C51H63FN2O19.CH4O3S/c1-10-66-44(62)30(53)20-34(57)67-23-35(58)70-39(37(27-16-18-29(52)19-17-27)54-46(64)73-47(4,5)6)45(63)69-31-22-51(65)42(71-43(61)28-14-12-11-13-15-28)40-49(9,41(60)38(59)36(25(31)2)48(51,7)8)32(56)21-33-50(40,24-68-33)72-26(3)55;1-5(2,3)4/h11-19,30-33,37-40,42,56,59,65H,10,20-24,53H2,1-9H3,(H,54,64);1H3,(H,2,3,4)/t30-,31-,32-,33+,37-,38+,39+,40-,42-,49+,50-,51+;/m0./s1. The minimum absolute atomic E-state index is 0.00250. The lowest BCUT2D eigenvalue weighted by Gasteiger charge is -2.67. The number of halogens is 1. The van der Waals surface area contributed by atoms with Gasteiger partial charge in [-0.1, -0.05) is 44.2 Å². The summed E-state index contributed by atoms with van der Waals surface area (Å²) in [5.74, 6) is -10.0. The lowest BCUT2D eigenvalue weighted by atomic mass is 9.44. The van der Waals surface area contributed by atoms with Crippen molar-refractivity contribution in [2.24, 2.45) is 16.7 Å². The minimum atomic E-state index is -3.92. The fourth-order valence-corrected chi connectivity index (χ4v) is 10.6. The smallest absolute Gasteiger partial charge is 0.408 e. The summed E-state index contributed by atoms with van der Waals surface area (Å²) >= 11 is 0. The highest BCUT2D eigenvalue weighted by atomic mass is 32.2. The third kappa shape index (κ3) is 13.5. The average Bonchev–Trinajstić information content (AvgIpc) is 3.28. The van der Waals surface area contributed by atoms with E-state index in [0.717, 1.165) is 31.2 Å². The summed E-state index contributed by atoms with van der Waals surface area (Å²) in [7, 11) is -3.92. The third-order valence-corrected chi connectivity index (χ3v) is 14.3. The summed E-state index contributed by atoms with van der Waals surface area (Å²) in [6, 6.07) is 8.88. The molecule has 4 aliphatic rings. The second-order valence-electron chi connectivity index (χ2n) is 21.2. The number of amides is 1. The van der Waals surface area contributed by atoms with Crippen molar-refractivity contribution in [1.29, 1.82) is 0 Å². The van der Waals surface area contributed by atoms with E-state index in [4.69, 9.17) is 50.9 Å². The predicted molar refractivity (Wildman–Crippen MR) is 262 cm³/mol. The second kappa shape index (κ2) is 23.9. The van der Waals surface area contributed by atoms with Crippen LogP contribution in [-0.2, 0) is 76.8 Å². The fourth-order valence-electron chi connectivity index (χ4n) is 10.6. The molecule has 3 aliphatic carbocycles. The van der Waals surface area contributed by atoms with Gasteiger partial charge in [0.15, 0.2) is 24.0 Å². The van der Waals surface area contributed by atoms with E-state index < -0.39 is 165 Å². The van der Waals surface area contributed by atoms with Crippen molar-refractivity contribution in [2.45, 2.75) is 147 Å². The predicted octanol–water partition coefficient (Wildman–Crippen LogP) is 1.22. The summed E-state index contributed by atoms with van der Waals surface area (Å²) in [5.41, 5.74) is -6.17. The van der Waals surface area contributed by atoms with Gasteiger partial charge >= 0.3 is 41.9 Å². The number of Topliss-reactive ketones (excluding diaryl/α,β-unsaturated/α-hetero) is 1. The molecule has 78 heavy (non-hydrogen) atoms. The number of hydrogen-bond acceptors (Lipinski definition) is 22. The van der Waals surface area contributed by atoms with Crippen molar-refractivity contribution in [3.05, 3.63) is 82.7 Å². The van der Waals surface area contributed by atoms with E-state index in [1.807, 2.05) is 0 Å². The molecule has 3 fully saturated rings. The summed E-state index contributed by atoms with van der Waals surface area (Å²) in [5, 5.41) is 40.6. The number of carbonyl (C=O) groups excluding carboxylic acids is 8. The molecule has 24 nitrogen and oxygen atoms in total. The molecule has 2 bridgehead atoms. The number of aliphatic hydroxyl groups excluding tert-OH is 2. The van der Waals surface area contributed by atoms with Crippen LogP contribution in [0.2, 0.25) is 0 Å². The van der Waals surface area contributed by atoms with Crippen LogP contribution in [0.15, 0.2) is 65.7 Å². The maximum atomic E-state index is 15.2. The van der Waals surface area contributed by atoms with Gasteiger partial charge in [-0.3, -0.25) is 14.4 Å². The van der Waals surface area contributed by atoms with Gasteiger partial charge in [0.1, 0.15) is 53.9 Å². The largest absolute Gasteiger partial charge is 0.748 e. The van der Waals surface area contributed by atoms with Crippen LogP contribution < -0.4 is 11.1 Å². The van der Waals surface area contributed by atoms with Crippen LogP contribution in [0.3, 0.4) is 0 Å². The van der Waals surface area contributed by atoms with Crippen molar-refractivity contribution < 1.29 is 115 Å². The Balaban J connectivity index is 0.00000214. The van der Waals surface area contributed by atoms with Gasteiger partial charge < -0.3 is 68.8 Å². The zero-order valence-electron chi connectivity index (χ0n) is 44.7. The second-order valence-corrected chi connectivity index (χ2v) is 22.6. The Morgan fingerprint density at radius 3 is 2.09 bits per heavy atom. The molecule has 2 aromatic carbocycles. The molecule has 0 aromatic heterocycles. The first-order valence-corrected chi connectivity index (χ1v) is 26.5. The minimum Gasteiger partial charge on any atom is -0.748 e. The van der Waals surface area contributed by atoms with E-state index in [2.05, 4.69) is 11.1 Å². The zero-order valence-corrected chi connectivity index (χ0v) is 45.5. The molecule has 0 unspecified atom stereocenters. The molecule has 0 spiro atoms. The summed E-state index contributed by atoms with van der Waals surface area (Å²) in [6.45, 7) is 11.4. The highest BCUT2D eigenvalue weighted by molar-refractivity contribution is 7.84. The maximum absolute atomic E-state index is 15.2. The normalized spacial score (nSPS) is 28.2. The SMILES string of the molecule is CCOC(=O)[C@@H]([NH3+])CC(=O)OCC(=O)O[C@@H](C(=O)O[C@H]1C[C@@]2(O)[C@@H](OC(=O)c3ccccc3)[C@@H]3[C@]4(OC(C)=O)CO[C@@H]4C[C@H](O)[C@@]3(C)C(=O)[C@H](O)C(=C1C)C2(C)C)[C@@H](NC(=O)OC(C)(C)C)c1ccc(F)cc1.CS(=O)(=O)[O-]. The first-order chi connectivity index (χ1) is 36.0. The van der Waals surface area contributed by atoms with Gasteiger partial charge in [-0.15, -0.1) is 0 Å². The lowest BCUT2D eigenvalue weighted by molar-refractivity contribution is -0.407. The summed E-state index contributed by atoms with van der Waals surface area (Å²) < 4.78 is 87.0. The molecular formula is C52H67FN2O22S. The summed E-state index contributed by atoms with van der Waals surface area (Å²) in [4.78, 5) is 110. The maximum Gasteiger partial charge on any atom is 0.408 e. The van der Waals surface area contributed by atoms with Crippen molar-refractivity contribution in [3.63, 3.8) is 0 Å². The molecule has 0 radical (unpaired) electrons. The number of hydrogen-bond donors (Lipinski definition) is 5. The van der Waals surface area contributed by atoms with Gasteiger partial charge in [-0.05, 0) is 82.5 Å². The lowest BCUT2D eigenvalue weighted by Crippen LogP contribution is -2.81. The Morgan fingerprint density at radius 2 is 1.55 bits per heavy atom. The van der Waals surface area contributed by atoms with Gasteiger partial charge in [-0.25, -0.2) is 36.8 Å². The Morgan fingerprint density at radius 1 is 0.949 bits per heavy atom. The Hall–Kier alpha value is -6.42. The molecular weight excluding hydrogens is 1060 g/mol. The van der Waals surface area contributed by atoms with E-state index in [1.165, 1.54) is 60.6 Å². The molecule has 2 aromatic rings. The van der Waals surface area contributed by atoms with E-state index >= 15 is 9.59 Å². The van der Waals surface area contributed by atoms with Crippen LogP contribution in [0.4, 0.5) is 9.18 Å². The summed E-state index contributed by atoms with van der Waals surface area (Å²) in [6.07, 6.45) is -13.0. The highest BCUT2D eigenvalue weighted by Crippen LogP contribution is 2.64. The monoisotopic (exact) mass is 1120 g/mol. The van der Waals surface area contributed by atoms with Gasteiger partial charge in [0, 0.05) is 31.4 Å². The van der Waals surface area contributed by atoms with Crippen molar-refractivity contribution in [3.8, 4) is 0 Å². The number of benzene rings is 2. The number of rotatable bonds is 15. The van der Waals surface area contributed by atoms with Crippen molar-refractivity contribution >= 4 is 57.8 Å². The fraction of sp³-hybridized carbons (Fsp3) is 0.577. The van der Waals surface area contributed by atoms with E-state index in [1.54, 1.807) is 25.1 Å². The first kappa shape index (κ1) is 62.4. The zero-order chi connectivity index (χ0) is 58.7. The van der Waals surface area contributed by atoms with Crippen LogP contribution in [0, 0.1) is 22.6 Å². The van der Waals surface area contributed by atoms with Gasteiger partial charge in [-0.2, -0.15) is 0 Å². The van der Waals surface area contributed by atoms with Crippen LogP contribution in [0.25, 0.3) is 0 Å². The first-order valence-electron chi connectivity index (χ1n) is 24.6. The van der Waals surface area contributed by atoms with Gasteiger partial charge in [0.05, 0.1) is 46.3 Å². The molecule has 26 heteroatoms. The number of nitrogens with one attached hydrogen (secondary N) is 1. The molecule has 2 saturated carbocycles. The average molecular weight is 1120 g/mol. The molecule has 7 N–H and O–H groups in total. The molecule has 430 valence electrons. The van der Waals surface area contributed by atoms with Crippen LogP contribution in [0.1, 0.15) is 104 Å². The number of esters is 6. The Bertz CT molecular complexity index is 2760. The van der Waals surface area contributed by atoms with E-state index in [9.17, 15) is 48.5 Å². The van der Waals surface area contributed by atoms with Crippen LogP contribution in [0.5, 0.6) is 0 Å². The Kier molecular flexibility index (Phi) is 19.1. The number of aliphatic hydroxyl groups is 3. The molecule has 1 saturated heterocycles. The number of ketones is 1. The van der Waals surface area contributed by atoms with Gasteiger partial charge in [0.2, 0.25) is 6.10 Å².